The normalized spacial score (nSPS) is 12.0. The summed E-state index contributed by atoms with van der Waals surface area (Å²) in [6, 6.07) is 15.9. The number of benzene rings is 2. The van der Waals surface area contributed by atoms with Crippen LogP contribution in [-0.4, -0.2) is 26.6 Å². The summed E-state index contributed by atoms with van der Waals surface area (Å²) in [5.41, 5.74) is 5.20. The maximum absolute atomic E-state index is 12.1. The monoisotopic (exact) mass is 387 g/mol. The molecule has 0 aliphatic heterocycles. The molecule has 0 aliphatic rings. The van der Waals surface area contributed by atoms with E-state index in [1.54, 1.807) is 25.1 Å². The highest BCUT2D eigenvalue weighted by Gasteiger charge is 2.14. The number of rotatable bonds is 9. The van der Waals surface area contributed by atoms with E-state index >= 15 is 0 Å². The van der Waals surface area contributed by atoms with Gasteiger partial charge in [0.2, 0.25) is 10.0 Å². The van der Waals surface area contributed by atoms with E-state index in [1.165, 1.54) is 17.7 Å². The molecule has 0 bridgehead atoms. The van der Waals surface area contributed by atoms with Gasteiger partial charge in [-0.05, 0) is 43.0 Å². The van der Waals surface area contributed by atoms with Crippen molar-refractivity contribution in [1.29, 1.82) is 0 Å². The van der Waals surface area contributed by atoms with Crippen molar-refractivity contribution in [2.75, 3.05) is 6.54 Å². The quantitative estimate of drug-likeness (QED) is 0.512. The first-order chi connectivity index (χ1) is 12.9. The Labute approximate surface area is 160 Å². The summed E-state index contributed by atoms with van der Waals surface area (Å²) >= 11 is 0. The van der Waals surface area contributed by atoms with Gasteiger partial charge in [-0.2, -0.15) is 5.10 Å². The molecule has 6 nitrogen and oxygen atoms in total. The van der Waals surface area contributed by atoms with E-state index in [-0.39, 0.29) is 11.4 Å². The molecule has 0 saturated carbocycles. The van der Waals surface area contributed by atoms with Crippen molar-refractivity contribution in [3.05, 3.63) is 65.7 Å². The molecule has 0 saturated heterocycles. The van der Waals surface area contributed by atoms with Crippen molar-refractivity contribution in [3.63, 3.8) is 0 Å². The number of carbonyl (C=O) groups excluding carboxylic acids is 1. The van der Waals surface area contributed by atoms with Crippen LogP contribution in [0.3, 0.4) is 0 Å². The number of sulfonamides is 1. The molecule has 27 heavy (non-hydrogen) atoms. The second-order valence-electron chi connectivity index (χ2n) is 6.17. The fourth-order valence-electron chi connectivity index (χ4n) is 2.39. The molecule has 0 fully saturated rings. The first-order valence-electron chi connectivity index (χ1n) is 8.89. The van der Waals surface area contributed by atoms with Gasteiger partial charge in [0.05, 0.1) is 17.2 Å². The molecule has 0 unspecified atom stereocenters. The maximum atomic E-state index is 12.1. The molecule has 2 rings (SSSR count). The second-order valence-corrected chi connectivity index (χ2v) is 7.94. The van der Waals surface area contributed by atoms with Crippen LogP contribution in [0.15, 0.2) is 64.6 Å². The highest BCUT2D eigenvalue weighted by Crippen LogP contribution is 2.09. The number of hydrogen-bond donors (Lipinski definition) is 2. The van der Waals surface area contributed by atoms with E-state index in [0.717, 1.165) is 24.8 Å². The van der Waals surface area contributed by atoms with Crippen LogP contribution in [0.4, 0.5) is 0 Å². The molecule has 2 N–H and O–H groups in total. The van der Waals surface area contributed by atoms with E-state index in [4.69, 9.17) is 0 Å². The molecule has 0 heterocycles. The van der Waals surface area contributed by atoms with Crippen molar-refractivity contribution in [1.82, 2.24) is 10.1 Å². The lowest BCUT2D eigenvalue weighted by Gasteiger charge is -2.07. The van der Waals surface area contributed by atoms with Crippen molar-refractivity contribution in [2.45, 2.75) is 38.0 Å². The van der Waals surface area contributed by atoms with Crippen LogP contribution in [-0.2, 0) is 21.2 Å². The third kappa shape index (κ3) is 6.62. The molecule has 0 aromatic heterocycles. The third-order valence-electron chi connectivity index (χ3n) is 4.02. The Kier molecular flexibility index (Phi) is 7.69. The molecule has 0 atom stereocenters. The van der Waals surface area contributed by atoms with Crippen LogP contribution < -0.4 is 10.1 Å². The Morgan fingerprint density at radius 2 is 1.70 bits per heavy atom. The van der Waals surface area contributed by atoms with E-state index in [9.17, 15) is 13.2 Å². The van der Waals surface area contributed by atoms with Gasteiger partial charge in [0.1, 0.15) is 0 Å². The van der Waals surface area contributed by atoms with Crippen molar-refractivity contribution < 1.29 is 13.2 Å². The molecule has 0 radical (unpaired) electrons. The van der Waals surface area contributed by atoms with E-state index in [0.29, 0.717) is 5.71 Å². The minimum atomic E-state index is -3.72. The Bertz CT molecular complexity index is 876. The van der Waals surface area contributed by atoms with Gasteiger partial charge < -0.3 is 0 Å². The summed E-state index contributed by atoms with van der Waals surface area (Å²) in [6.45, 7) is 3.56. The van der Waals surface area contributed by atoms with Crippen LogP contribution in [0, 0.1) is 0 Å². The van der Waals surface area contributed by atoms with Gasteiger partial charge in [-0.1, -0.05) is 55.8 Å². The van der Waals surface area contributed by atoms with E-state index in [1.807, 2.05) is 12.1 Å². The van der Waals surface area contributed by atoms with Gasteiger partial charge in [0, 0.05) is 0 Å². The van der Waals surface area contributed by atoms with Crippen LogP contribution in [0.1, 0.15) is 37.8 Å². The Morgan fingerprint density at radius 1 is 1.04 bits per heavy atom. The van der Waals surface area contributed by atoms with Gasteiger partial charge >= 0.3 is 0 Å². The van der Waals surface area contributed by atoms with E-state index in [2.05, 4.69) is 34.3 Å². The predicted molar refractivity (Wildman–Crippen MR) is 107 cm³/mol. The fourth-order valence-corrected chi connectivity index (χ4v) is 3.39. The zero-order valence-corrected chi connectivity index (χ0v) is 16.4. The van der Waals surface area contributed by atoms with E-state index < -0.39 is 15.9 Å². The minimum absolute atomic E-state index is 0.112. The molecule has 2 aromatic carbocycles. The molecule has 1 amide bonds. The molecule has 144 valence electrons. The number of hydrogen-bond acceptors (Lipinski definition) is 4. The predicted octanol–water partition coefficient (Wildman–Crippen LogP) is 2.85. The van der Waals surface area contributed by atoms with Crippen LogP contribution >= 0.6 is 0 Å². The van der Waals surface area contributed by atoms with Gasteiger partial charge in [-0.15, -0.1) is 0 Å². The zero-order valence-electron chi connectivity index (χ0n) is 15.6. The SMILES string of the molecule is CCCCc1ccc(/C(C)=N\NC(=O)CNS(=O)(=O)c2ccccc2)cc1. The summed E-state index contributed by atoms with van der Waals surface area (Å²) in [6.07, 6.45) is 3.36. The zero-order chi connectivity index (χ0) is 19.7. The summed E-state index contributed by atoms with van der Waals surface area (Å²) in [5, 5.41) is 4.04. The molecule has 0 aliphatic carbocycles. The van der Waals surface area contributed by atoms with Gasteiger partial charge in [-0.3, -0.25) is 4.79 Å². The van der Waals surface area contributed by atoms with Crippen molar-refractivity contribution in [3.8, 4) is 0 Å². The average molecular weight is 388 g/mol. The smallest absolute Gasteiger partial charge is 0.255 e. The Hall–Kier alpha value is -2.51. The molecule has 0 spiro atoms. The molecular weight excluding hydrogens is 362 g/mol. The first kappa shape index (κ1) is 20.8. The average Bonchev–Trinajstić information content (AvgIpc) is 2.70. The van der Waals surface area contributed by atoms with Gasteiger partial charge in [0.15, 0.2) is 0 Å². The summed E-state index contributed by atoms with van der Waals surface area (Å²) < 4.78 is 26.4. The van der Waals surface area contributed by atoms with Crippen LogP contribution in [0.25, 0.3) is 0 Å². The lowest BCUT2D eigenvalue weighted by atomic mass is 10.0. The number of nitrogens with one attached hydrogen (secondary N) is 2. The highest BCUT2D eigenvalue weighted by atomic mass is 32.2. The number of nitrogens with zero attached hydrogens (tertiary/aromatic N) is 1. The number of carbonyl (C=O) groups is 1. The van der Waals surface area contributed by atoms with Crippen molar-refractivity contribution >= 4 is 21.6 Å². The number of unbranched alkanes of at least 4 members (excludes halogenated alkanes) is 1. The molecule has 7 heteroatoms. The largest absolute Gasteiger partial charge is 0.272 e. The number of aryl methyl sites for hydroxylation is 1. The summed E-state index contributed by atoms with van der Waals surface area (Å²) in [4.78, 5) is 12.0. The van der Waals surface area contributed by atoms with Gasteiger partial charge in [-0.25, -0.2) is 18.6 Å². The maximum Gasteiger partial charge on any atom is 0.255 e. The topological polar surface area (TPSA) is 87.6 Å². The van der Waals surface area contributed by atoms with Crippen LogP contribution in [0.2, 0.25) is 0 Å². The molecular formula is C20H25N3O3S. The Balaban J connectivity index is 1.88. The number of hydrazone groups is 1. The molecule has 2 aromatic rings. The Morgan fingerprint density at radius 3 is 2.33 bits per heavy atom. The lowest BCUT2D eigenvalue weighted by molar-refractivity contribution is -0.119. The highest BCUT2D eigenvalue weighted by molar-refractivity contribution is 7.89. The first-order valence-corrected chi connectivity index (χ1v) is 10.4. The standard InChI is InChI=1S/C20H25N3O3S/c1-3-4-8-17-11-13-18(14-12-17)16(2)22-23-20(24)15-21-27(25,26)19-9-6-5-7-10-19/h5-7,9-14,21H,3-4,8,15H2,1-2H3,(H,23,24)/b22-16-. The third-order valence-corrected chi connectivity index (χ3v) is 5.43. The van der Waals surface area contributed by atoms with Crippen molar-refractivity contribution in [2.24, 2.45) is 5.10 Å². The number of amides is 1. The minimum Gasteiger partial charge on any atom is -0.272 e. The second kappa shape index (κ2) is 9.99. The summed E-state index contributed by atoms with van der Waals surface area (Å²) in [5.74, 6) is -0.534. The van der Waals surface area contributed by atoms with Gasteiger partial charge in [0.25, 0.3) is 5.91 Å². The summed E-state index contributed by atoms with van der Waals surface area (Å²) in [7, 11) is -3.72. The van der Waals surface area contributed by atoms with Crippen LogP contribution in [0.5, 0.6) is 0 Å². The lowest BCUT2D eigenvalue weighted by Crippen LogP contribution is -2.35. The fraction of sp³-hybridized carbons (Fsp3) is 0.300.